The zero-order chi connectivity index (χ0) is 22.9. The molecule has 33 heavy (non-hydrogen) atoms. The highest BCUT2D eigenvalue weighted by atomic mass is 35.5. The van der Waals surface area contributed by atoms with E-state index in [0.717, 1.165) is 6.42 Å². The second-order valence-electron chi connectivity index (χ2n) is 8.30. The average Bonchev–Trinajstić information content (AvgIpc) is 3.28. The number of benzene rings is 2. The predicted molar refractivity (Wildman–Crippen MR) is 122 cm³/mol. The summed E-state index contributed by atoms with van der Waals surface area (Å²) in [6.07, 6.45) is 0.579. The molecule has 2 fully saturated rings. The lowest BCUT2D eigenvalue weighted by molar-refractivity contribution is -0.142. The molecule has 0 N–H and O–H groups in total. The summed E-state index contributed by atoms with van der Waals surface area (Å²) in [5.74, 6) is 0.932. The molecule has 0 aliphatic carbocycles. The Bertz CT molecular complexity index is 1100. The Balaban J connectivity index is 1.21. The first-order valence-electron chi connectivity index (χ1n) is 11.1. The normalized spacial score (nSPS) is 20.2. The van der Waals surface area contributed by atoms with Gasteiger partial charge < -0.3 is 24.2 Å². The summed E-state index contributed by atoms with van der Waals surface area (Å²) >= 11 is 6.31. The number of carbonyl (C=O) groups excluding carboxylic acids is 3. The van der Waals surface area contributed by atoms with Gasteiger partial charge in [0.1, 0.15) is 6.61 Å². The summed E-state index contributed by atoms with van der Waals surface area (Å²) < 4.78 is 11.5. The number of para-hydroxylation sites is 2. The van der Waals surface area contributed by atoms with Crippen LogP contribution >= 0.6 is 11.6 Å². The van der Waals surface area contributed by atoms with Crippen LogP contribution in [0.25, 0.3) is 0 Å². The number of fused-ring (bicyclic) bond motifs is 1. The van der Waals surface area contributed by atoms with E-state index in [0.29, 0.717) is 66.9 Å². The van der Waals surface area contributed by atoms with Crippen LogP contribution in [0.5, 0.6) is 11.5 Å². The van der Waals surface area contributed by atoms with E-state index in [1.165, 1.54) is 0 Å². The van der Waals surface area contributed by atoms with Crippen molar-refractivity contribution in [3.63, 3.8) is 0 Å². The fourth-order valence-corrected chi connectivity index (χ4v) is 4.63. The lowest BCUT2D eigenvalue weighted by Gasteiger charge is -2.37. The van der Waals surface area contributed by atoms with E-state index >= 15 is 0 Å². The van der Waals surface area contributed by atoms with Gasteiger partial charge in [-0.1, -0.05) is 23.7 Å². The molecule has 9 heteroatoms. The topological polar surface area (TPSA) is 79.4 Å². The molecular formula is C24H24ClN3O5. The van der Waals surface area contributed by atoms with Crippen molar-refractivity contribution < 1.29 is 23.9 Å². The fraction of sp³-hybridized carbons (Fsp3) is 0.375. The van der Waals surface area contributed by atoms with Crippen LogP contribution in [0.3, 0.4) is 0 Å². The number of hydrogen-bond donors (Lipinski definition) is 0. The van der Waals surface area contributed by atoms with Crippen LogP contribution in [0, 0.1) is 0 Å². The number of amides is 3. The first-order chi connectivity index (χ1) is 16.0. The Morgan fingerprint density at radius 2 is 1.67 bits per heavy atom. The minimum absolute atomic E-state index is 0.0187. The molecule has 0 bridgehead atoms. The van der Waals surface area contributed by atoms with E-state index in [1.54, 1.807) is 39.0 Å². The van der Waals surface area contributed by atoms with Crippen molar-refractivity contribution in [2.45, 2.75) is 18.9 Å². The first kappa shape index (κ1) is 21.6. The molecule has 2 aromatic rings. The highest BCUT2D eigenvalue weighted by molar-refractivity contribution is 6.34. The van der Waals surface area contributed by atoms with Crippen molar-refractivity contribution in [2.24, 2.45) is 0 Å². The van der Waals surface area contributed by atoms with Gasteiger partial charge in [0, 0.05) is 44.7 Å². The number of anilines is 1. The van der Waals surface area contributed by atoms with Crippen molar-refractivity contribution in [3.05, 3.63) is 53.1 Å². The van der Waals surface area contributed by atoms with Gasteiger partial charge in [0.25, 0.3) is 11.8 Å². The fourth-order valence-electron chi connectivity index (χ4n) is 4.41. The number of piperazine rings is 1. The minimum Gasteiger partial charge on any atom is -0.485 e. The molecule has 2 saturated heterocycles. The molecule has 8 nitrogen and oxygen atoms in total. The summed E-state index contributed by atoms with van der Waals surface area (Å²) in [7, 11) is 0. The van der Waals surface area contributed by atoms with E-state index in [2.05, 4.69) is 0 Å². The molecule has 5 rings (SSSR count). The molecule has 3 amide bonds. The van der Waals surface area contributed by atoms with Crippen molar-refractivity contribution in [3.8, 4) is 11.5 Å². The third-order valence-corrected chi connectivity index (χ3v) is 6.54. The maximum atomic E-state index is 13.1. The molecular weight excluding hydrogens is 446 g/mol. The molecule has 0 spiro atoms. The van der Waals surface area contributed by atoms with Gasteiger partial charge in [-0.05, 0) is 36.8 Å². The molecule has 0 aromatic heterocycles. The Kier molecular flexibility index (Phi) is 5.85. The van der Waals surface area contributed by atoms with Gasteiger partial charge in [0.2, 0.25) is 12.0 Å². The molecule has 3 aliphatic heterocycles. The molecule has 3 aliphatic rings. The van der Waals surface area contributed by atoms with Gasteiger partial charge in [-0.3, -0.25) is 14.4 Å². The summed E-state index contributed by atoms with van der Waals surface area (Å²) in [6, 6.07) is 12.3. The van der Waals surface area contributed by atoms with Crippen LogP contribution in [0.2, 0.25) is 5.02 Å². The summed E-state index contributed by atoms with van der Waals surface area (Å²) in [6.45, 7) is 2.42. The summed E-state index contributed by atoms with van der Waals surface area (Å²) in [5, 5.41) is 0.452. The lowest BCUT2D eigenvalue weighted by atomic mass is 10.1. The molecule has 172 valence electrons. The van der Waals surface area contributed by atoms with Gasteiger partial charge in [0.15, 0.2) is 11.5 Å². The van der Waals surface area contributed by atoms with Crippen molar-refractivity contribution in [1.29, 1.82) is 0 Å². The highest BCUT2D eigenvalue weighted by Gasteiger charge is 2.34. The van der Waals surface area contributed by atoms with Gasteiger partial charge in [-0.2, -0.15) is 0 Å². The Morgan fingerprint density at radius 1 is 0.939 bits per heavy atom. The van der Waals surface area contributed by atoms with E-state index in [1.807, 2.05) is 18.2 Å². The zero-order valence-electron chi connectivity index (χ0n) is 18.0. The SMILES string of the molecule is O=C(c1ccc(Cl)c(N2CCCC2=O)c1)N1CCN(C(=O)[C@@H]2COc3ccccc3O2)CC1. The third kappa shape index (κ3) is 4.23. The molecule has 2 aromatic carbocycles. The minimum atomic E-state index is -0.695. The maximum absolute atomic E-state index is 13.1. The molecule has 3 heterocycles. The number of rotatable bonds is 3. The zero-order valence-corrected chi connectivity index (χ0v) is 18.8. The monoisotopic (exact) mass is 469 g/mol. The largest absolute Gasteiger partial charge is 0.485 e. The predicted octanol–water partition coefficient (Wildman–Crippen LogP) is 2.59. The van der Waals surface area contributed by atoms with Gasteiger partial charge in [-0.25, -0.2) is 0 Å². The first-order valence-corrected chi connectivity index (χ1v) is 11.5. The van der Waals surface area contributed by atoms with Crippen molar-refractivity contribution in [1.82, 2.24) is 9.80 Å². The molecule has 0 saturated carbocycles. The van der Waals surface area contributed by atoms with E-state index in [4.69, 9.17) is 21.1 Å². The number of carbonyl (C=O) groups is 3. The molecule has 0 unspecified atom stereocenters. The second kappa shape index (κ2) is 8.94. The van der Waals surface area contributed by atoms with Crippen LogP contribution < -0.4 is 14.4 Å². The maximum Gasteiger partial charge on any atom is 0.267 e. The molecule has 1 atom stereocenters. The van der Waals surface area contributed by atoms with Crippen LogP contribution in [0.4, 0.5) is 5.69 Å². The van der Waals surface area contributed by atoms with Crippen LogP contribution in [-0.4, -0.2) is 73.0 Å². The Labute approximate surface area is 196 Å². The Hall–Kier alpha value is -3.26. The van der Waals surface area contributed by atoms with Crippen LogP contribution in [0.1, 0.15) is 23.2 Å². The van der Waals surface area contributed by atoms with E-state index in [-0.39, 0.29) is 24.3 Å². The number of nitrogens with zero attached hydrogens (tertiary/aromatic N) is 3. The second-order valence-corrected chi connectivity index (χ2v) is 8.70. The highest BCUT2D eigenvalue weighted by Crippen LogP contribution is 2.32. The number of ether oxygens (including phenoxy) is 2. The average molecular weight is 470 g/mol. The Morgan fingerprint density at radius 3 is 2.39 bits per heavy atom. The number of halogens is 1. The van der Waals surface area contributed by atoms with E-state index < -0.39 is 6.10 Å². The lowest BCUT2D eigenvalue weighted by Crippen LogP contribution is -2.55. The van der Waals surface area contributed by atoms with Gasteiger partial charge in [-0.15, -0.1) is 0 Å². The quantitative estimate of drug-likeness (QED) is 0.690. The van der Waals surface area contributed by atoms with Crippen LogP contribution in [-0.2, 0) is 9.59 Å². The van der Waals surface area contributed by atoms with Gasteiger partial charge in [0.05, 0.1) is 10.7 Å². The summed E-state index contributed by atoms with van der Waals surface area (Å²) in [5.41, 5.74) is 1.06. The summed E-state index contributed by atoms with van der Waals surface area (Å²) in [4.78, 5) is 43.2. The van der Waals surface area contributed by atoms with Crippen molar-refractivity contribution >= 4 is 35.0 Å². The van der Waals surface area contributed by atoms with Gasteiger partial charge >= 0.3 is 0 Å². The standard InChI is InChI=1S/C24H24ClN3O5/c25-17-8-7-16(14-18(17)28-9-3-6-22(28)29)23(30)26-10-12-27(13-11-26)24(31)21-15-32-19-4-1-2-5-20(19)33-21/h1-2,4-5,7-8,14,21H,3,6,9-13,15H2/t21-/m0/s1. The van der Waals surface area contributed by atoms with Crippen LogP contribution in [0.15, 0.2) is 42.5 Å². The van der Waals surface area contributed by atoms with Crippen molar-refractivity contribution in [2.75, 3.05) is 44.2 Å². The van der Waals surface area contributed by atoms with E-state index in [9.17, 15) is 14.4 Å². The number of hydrogen-bond acceptors (Lipinski definition) is 5. The smallest absolute Gasteiger partial charge is 0.267 e. The third-order valence-electron chi connectivity index (χ3n) is 6.22. The molecule has 0 radical (unpaired) electrons.